The van der Waals surface area contributed by atoms with Gasteiger partial charge in [0.2, 0.25) is 5.91 Å². The molecule has 0 bridgehead atoms. The van der Waals surface area contributed by atoms with E-state index in [0.717, 1.165) is 38.8 Å². The van der Waals surface area contributed by atoms with Crippen LogP contribution in [0.1, 0.15) is 78.6 Å². The Morgan fingerprint density at radius 2 is 1.50 bits per heavy atom. The smallest absolute Gasteiger partial charge is 0.236 e. The number of unbranched alkanes of at least 4 members (excludes halogenated alkanes) is 5. The van der Waals surface area contributed by atoms with Crippen LogP contribution in [0, 0.1) is 0 Å². The molecule has 0 aliphatic rings. The number of nitrogens with one attached hydrogen (secondary N) is 1. The van der Waals surface area contributed by atoms with Crippen molar-refractivity contribution in [3.05, 3.63) is 0 Å². The zero-order valence-electron chi connectivity index (χ0n) is 12.6. The molecule has 1 amide bonds. The Balaban J connectivity index is 3.93. The predicted octanol–water partition coefficient (Wildman–Crippen LogP) is 3.89. The molecule has 0 aromatic heterocycles. The first kappa shape index (κ1) is 17.4. The lowest BCUT2D eigenvalue weighted by molar-refractivity contribution is -0.134. The van der Waals surface area contributed by atoms with Crippen LogP contribution in [-0.4, -0.2) is 24.0 Å². The van der Waals surface area contributed by atoms with Crippen molar-refractivity contribution in [2.24, 2.45) is 0 Å². The minimum atomic E-state index is 0.268. The van der Waals surface area contributed by atoms with Crippen LogP contribution in [0.5, 0.6) is 0 Å². The fourth-order valence-electron chi connectivity index (χ4n) is 1.86. The maximum atomic E-state index is 12.0. The van der Waals surface area contributed by atoms with Crippen molar-refractivity contribution in [3.8, 4) is 0 Å². The number of nitrogens with zero attached hydrogens (tertiary/aromatic N) is 1. The van der Waals surface area contributed by atoms with Crippen LogP contribution in [0.4, 0.5) is 0 Å². The maximum Gasteiger partial charge on any atom is 0.236 e. The van der Waals surface area contributed by atoms with E-state index in [9.17, 15) is 4.79 Å². The molecule has 18 heavy (non-hydrogen) atoms. The largest absolute Gasteiger partial charge is 0.278 e. The number of hydrogen-bond donors (Lipinski definition) is 1. The van der Waals surface area contributed by atoms with Crippen molar-refractivity contribution in [2.45, 2.75) is 78.6 Å². The standard InChI is InChI=1S/C15H32N2O/c1-4-7-10-13-16-17(14-11-8-5-2)15(18)12-9-6-3/h16H,4-14H2,1-3H3. The molecule has 0 heterocycles. The van der Waals surface area contributed by atoms with Gasteiger partial charge in [-0.15, -0.1) is 0 Å². The Morgan fingerprint density at radius 1 is 0.889 bits per heavy atom. The van der Waals surface area contributed by atoms with Gasteiger partial charge in [-0.05, 0) is 19.3 Å². The first-order valence-corrected chi connectivity index (χ1v) is 7.80. The average Bonchev–Trinajstić information content (AvgIpc) is 2.39. The highest BCUT2D eigenvalue weighted by atomic mass is 16.2. The van der Waals surface area contributed by atoms with Gasteiger partial charge >= 0.3 is 0 Å². The van der Waals surface area contributed by atoms with Gasteiger partial charge in [-0.3, -0.25) is 9.80 Å². The summed E-state index contributed by atoms with van der Waals surface area (Å²) in [6.07, 6.45) is 9.89. The Bertz CT molecular complexity index is 195. The van der Waals surface area contributed by atoms with Crippen LogP contribution < -0.4 is 5.43 Å². The molecule has 0 unspecified atom stereocenters. The number of amides is 1. The highest BCUT2D eigenvalue weighted by Crippen LogP contribution is 2.03. The van der Waals surface area contributed by atoms with E-state index in [1.165, 1.54) is 25.7 Å². The van der Waals surface area contributed by atoms with Gasteiger partial charge in [0.05, 0.1) is 0 Å². The normalized spacial score (nSPS) is 10.6. The first-order chi connectivity index (χ1) is 8.76. The molecule has 0 spiro atoms. The molecule has 0 aromatic carbocycles. The zero-order valence-corrected chi connectivity index (χ0v) is 12.6. The van der Waals surface area contributed by atoms with Crippen molar-refractivity contribution in [2.75, 3.05) is 13.1 Å². The number of hydrogen-bond acceptors (Lipinski definition) is 2. The molecule has 1 N–H and O–H groups in total. The van der Waals surface area contributed by atoms with Crippen LogP contribution in [0.25, 0.3) is 0 Å². The van der Waals surface area contributed by atoms with E-state index < -0.39 is 0 Å². The molecule has 3 heteroatoms. The molecule has 0 fully saturated rings. The fourth-order valence-corrected chi connectivity index (χ4v) is 1.86. The Labute approximate surface area is 113 Å². The second kappa shape index (κ2) is 12.9. The Morgan fingerprint density at radius 3 is 2.11 bits per heavy atom. The summed E-state index contributed by atoms with van der Waals surface area (Å²) in [4.78, 5) is 12.0. The van der Waals surface area contributed by atoms with Gasteiger partial charge in [0, 0.05) is 19.5 Å². The second-order valence-electron chi connectivity index (χ2n) is 4.97. The third kappa shape index (κ3) is 9.46. The van der Waals surface area contributed by atoms with Gasteiger partial charge < -0.3 is 0 Å². The van der Waals surface area contributed by atoms with Gasteiger partial charge in [0.1, 0.15) is 0 Å². The van der Waals surface area contributed by atoms with Crippen molar-refractivity contribution in [1.29, 1.82) is 0 Å². The monoisotopic (exact) mass is 256 g/mol. The van der Waals surface area contributed by atoms with Crippen molar-refractivity contribution in [3.63, 3.8) is 0 Å². The molecule has 0 radical (unpaired) electrons. The predicted molar refractivity (Wildman–Crippen MR) is 78.3 cm³/mol. The summed E-state index contributed by atoms with van der Waals surface area (Å²) in [6, 6.07) is 0. The van der Waals surface area contributed by atoms with E-state index in [0.29, 0.717) is 6.42 Å². The summed E-state index contributed by atoms with van der Waals surface area (Å²) in [6.45, 7) is 8.31. The average molecular weight is 256 g/mol. The number of rotatable bonds is 12. The lowest BCUT2D eigenvalue weighted by Crippen LogP contribution is -2.43. The van der Waals surface area contributed by atoms with Crippen molar-refractivity contribution < 1.29 is 4.79 Å². The minimum absolute atomic E-state index is 0.268. The Hall–Kier alpha value is -0.570. The van der Waals surface area contributed by atoms with Gasteiger partial charge in [0.15, 0.2) is 0 Å². The first-order valence-electron chi connectivity index (χ1n) is 7.80. The summed E-state index contributed by atoms with van der Waals surface area (Å²) in [5.74, 6) is 0.268. The second-order valence-corrected chi connectivity index (χ2v) is 4.97. The minimum Gasteiger partial charge on any atom is -0.278 e. The molecular weight excluding hydrogens is 224 g/mol. The van der Waals surface area contributed by atoms with Crippen LogP contribution in [0.2, 0.25) is 0 Å². The lowest BCUT2D eigenvalue weighted by Gasteiger charge is -2.23. The zero-order chi connectivity index (χ0) is 13.6. The van der Waals surface area contributed by atoms with Gasteiger partial charge in [0.25, 0.3) is 0 Å². The molecule has 0 aliphatic carbocycles. The molecule has 0 aromatic rings. The van der Waals surface area contributed by atoms with Gasteiger partial charge in [-0.1, -0.05) is 52.9 Å². The Kier molecular flexibility index (Phi) is 12.5. The number of carbonyl (C=O) groups is 1. The number of hydrazine groups is 1. The van der Waals surface area contributed by atoms with Gasteiger partial charge in [-0.2, -0.15) is 0 Å². The van der Waals surface area contributed by atoms with Crippen LogP contribution >= 0.6 is 0 Å². The summed E-state index contributed by atoms with van der Waals surface area (Å²) in [5, 5.41) is 1.86. The fraction of sp³-hybridized carbons (Fsp3) is 0.933. The molecular formula is C15H32N2O. The molecule has 0 saturated carbocycles. The molecule has 3 nitrogen and oxygen atoms in total. The topological polar surface area (TPSA) is 32.3 Å². The van der Waals surface area contributed by atoms with E-state index >= 15 is 0 Å². The third-order valence-electron chi connectivity index (χ3n) is 3.11. The number of carbonyl (C=O) groups excluding carboxylic acids is 1. The van der Waals surface area contributed by atoms with Crippen LogP contribution in [0.3, 0.4) is 0 Å². The van der Waals surface area contributed by atoms with E-state index in [1.807, 2.05) is 5.01 Å². The van der Waals surface area contributed by atoms with Crippen LogP contribution in [-0.2, 0) is 4.79 Å². The molecule has 0 rings (SSSR count). The molecule has 108 valence electrons. The summed E-state index contributed by atoms with van der Waals surface area (Å²) in [5.41, 5.74) is 3.31. The van der Waals surface area contributed by atoms with E-state index in [-0.39, 0.29) is 5.91 Å². The molecule has 0 atom stereocenters. The quantitative estimate of drug-likeness (QED) is 0.424. The van der Waals surface area contributed by atoms with E-state index in [4.69, 9.17) is 0 Å². The summed E-state index contributed by atoms with van der Waals surface area (Å²) < 4.78 is 0. The molecule has 0 saturated heterocycles. The molecule has 0 aliphatic heterocycles. The summed E-state index contributed by atoms with van der Waals surface area (Å²) >= 11 is 0. The van der Waals surface area contributed by atoms with E-state index in [1.54, 1.807) is 0 Å². The van der Waals surface area contributed by atoms with Crippen molar-refractivity contribution in [1.82, 2.24) is 10.4 Å². The summed E-state index contributed by atoms with van der Waals surface area (Å²) in [7, 11) is 0. The maximum absolute atomic E-state index is 12.0. The van der Waals surface area contributed by atoms with E-state index in [2.05, 4.69) is 26.2 Å². The third-order valence-corrected chi connectivity index (χ3v) is 3.11. The van der Waals surface area contributed by atoms with Crippen LogP contribution in [0.15, 0.2) is 0 Å². The van der Waals surface area contributed by atoms with Gasteiger partial charge in [-0.25, -0.2) is 5.43 Å². The lowest BCUT2D eigenvalue weighted by atomic mass is 10.2. The SMILES string of the molecule is CCCCCNN(CCCCC)C(=O)CCCC. The highest BCUT2D eigenvalue weighted by Gasteiger charge is 2.11. The van der Waals surface area contributed by atoms with Crippen molar-refractivity contribution >= 4 is 5.91 Å². The highest BCUT2D eigenvalue weighted by molar-refractivity contribution is 5.75.